The van der Waals surface area contributed by atoms with Gasteiger partial charge in [0.1, 0.15) is 0 Å². The number of aliphatic hydroxyl groups is 1. The van der Waals surface area contributed by atoms with E-state index in [-0.39, 0.29) is 6.10 Å². The summed E-state index contributed by atoms with van der Waals surface area (Å²) in [6, 6.07) is 0. The van der Waals surface area contributed by atoms with Crippen LogP contribution >= 0.6 is 0 Å². The van der Waals surface area contributed by atoms with E-state index in [0.717, 1.165) is 5.92 Å². The minimum Gasteiger partial charge on any atom is -0.393 e. The van der Waals surface area contributed by atoms with Gasteiger partial charge in [0.05, 0.1) is 6.10 Å². The van der Waals surface area contributed by atoms with Gasteiger partial charge in [-0.2, -0.15) is 0 Å². The van der Waals surface area contributed by atoms with Crippen LogP contribution in [0.25, 0.3) is 0 Å². The number of aliphatic hydroxyl groups excluding tert-OH is 1. The summed E-state index contributed by atoms with van der Waals surface area (Å²) in [4.78, 5) is 0. The highest BCUT2D eigenvalue weighted by molar-refractivity contribution is 4.93. The van der Waals surface area contributed by atoms with Crippen molar-refractivity contribution >= 4 is 0 Å². The molecule has 2 bridgehead atoms. The molecule has 0 aromatic carbocycles. The molecule has 3 fully saturated rings. The predicted octanol–water partition coefficient (Wildman–Crippen LogP) is 2.44. The minimum atomic E-state index is 0.0255. The second kappa shape index (κ2) is 3.02. The summed E-state index contributed by atoms with van der Waals surface area (Å²) in [6.07, 6.45) is 5.36. The molecule has 0 radical (unpaired) electrons. The molecule has 0 aromatic rings. The molecular weight excluding hydrogens is 148 g/mol. The van der Waals surface area contributed by atoms with Crippen LogP contribution in [0.1, 0.15) is 39.5 Å². The fourth-order valence-corrected chi connectivity index (χ4v) is 3.40. The first kappa shape index (κ1) is 8.55. The molecule has 0 aliphatic heterocycles. The van der Waals surface area contributed by atoms with E-state index in [9.17, 15) is 5.11 Å². The van der Waals surface area contributed by atoms with Crippen LogP contribution in [0, 0.1) is 23.7 Å². The first-order chi connectivity index (χ1) is 5.70. The third kappa shape index (κ3) is 1.19. The normalized spacial score (nSPS) is 47.0. The zero-order valence-electron chi connectivity index (χ0n) is 8.16. The zero-order valence-corrected chi connectivity index (χ0v) is 8.16. The molecule has 0 heterocycles. The molecule has 3 rings (SSSR count). The van der Waals surface area contributed by atoms with E-state index in [4.69, 9.17) is 0 Å². The Morgan fingerprint density at radius 1 is 1.00 bits per heavy atom. The Balaban J connectivity index is 2.12. The van der Waals surface area contributed by atoms with Crippen LogP contribution in [0.5, 0.6) is 0 Å². The van der Waals surface area contributed by atoms with Gasteiger partial charge in [0.15, 0.2) is 0 Å². The summed E-state index contributed by atoms with van der Waals surface area (Å²) >= 11 is 0. The predicted molar refractivity (Wildman–Crippen MR) is 49.8 cm³/mol. The van der Waals surface area contributed by atoms with Gasteiger partial charge in [-0.25, -0.2) is 0 Å². The summed E-state index contributed by atoms with van der Waals surface area (Å²) in [5, 5.41) is 10.0. The number of rotatable bonds is 1. The van der Waals surface area contributed by atoms with Gasteiger partial charge >= 0.3 is 0 Å². The average molecular weight is 168 g/mol. The molecule has 0 aromatic heterocycles. The number of hydrogen-bond acceptors (Lipinski definition) is 1. The van der Waals surface area contributed by atoms with Crippen LogP contribution in [0.4, 0.5) is 0 Å². The fourth-order valence-electron chi connectivity index (χ4n) is 3.40. The molecule has 0 saturated heterocycles. The molecule has 1 heteroatoms. The molecule has 1 nitrogen and oxygen atoms in total. The lowest BCUT2D eigenvalue weighted by Gasteiger charge is -2.48. The molecule has 0 spiro atoms. The summed E-state index contributed by atoms with van der Waals surface area (Å²) in [5.74, 6) is 2.76. The number of hydrogen-bond donors (Lipinski definition) is 1. The van der Waals surface area contributed by atoms with Crippen molar-refractivity contribution in [2.75, 3.05) is 0 Å². The Morgan fingerprint density at radius 2 is 1.50 bits per heavy atom. The van der Waals surface area contributed by atoms with Crippen LogP contribution in [0.15, 0.2) is 0 Å². The smallest absolute Gasteiger partial charge is 0.0601 e. The summed E-state index contributed by atoms with van der Waals surface area (Å²) in [7, 11) is 0. The summed E-state index contributed by atoms with van der Waals surface area (Å²) in [6.45, 7) is 4.52. The van der Waals surface area contributed by atoms with E-state index in [1.54, 1.807) is 0 Å². The van der Waals surface area contributed by atoms with E-state index in [2.05, 4.69) is 13.8 Å². The molecule has 3 aliphatic carbocycles. The van der Waals surface area contributed by atoms with E-state index in [1.807, 2.05) is 0 Å². The minimum absolute atomic E-state index is 0.0255. The quantitative estimate of drug-likeness (QED) is 0.637. The van der Waals surface area contributed by atoms with Gasteiger partial charge in [-0.05, 0) is 49.4 Å². The lowest BCUT2D eigenvalue weighted by molar-refractivity contribution is -0.0737. The fraction of sp³-hybridized carbons (Fsp3) is 1.00. The zero-order chi connectivity index (χ0) is 8.72. The first-order valence-corrected chi connectivity index (χ1v) is 5.38. The van der Waals surface area contributed by atoms with Crippen molar-refractivity contribution in [2.45, 2.75) is 45.6 Å². The van der Waals surface area contributed by atoms with Gasteiger partial charge in [0.2, 0.25) is 0 Å². The maximum Gasteiger partial charge on any atom is 0.0601 e. The molecule has 2 atom stereocenters. The lowest BCUT2D eigenvalue weighted by atomic mass is 9.60. The Bertz CT molecular complexity index is 154. The third-order valence-electron chi connectivity index (χ3n) is 4.01. The Morgan fingerprint density at radius 3 is 1.83 bits per heavy atom. The van der Waals surface area contributed by atoms with Crippen LogP contribution in [-0.4, -0.2) is 11.2 Å². The SMILES string of the molecule is CC(C)C1C2CCC(CC2)C1O. The maximum absolute atomic E-state index is 10.0. The summed E-state index contributed by atoms with van der Waals surface area (Å²) < 4.78 is 0. The maximum atomic E-state index is 10.0. The highest BCUT2D eigenvalue weighted by atomic mass is 16.3. The Kier molecular flexibility index (Phi) is 2.16. The van der Waals surface area contributed by atoms with Gasteiger partial charge in [-0.15, -0.1) is 0 Å². The largest absolute Gasteiger partial charge is 0.393 e. The molecular formula is C11H20O. The highest BCUT2D eigenvalue weighted by Crippen LogP contribution is 2.47. The molecule has 3 saturated carbocycles. The lowest BCUT2D eigenvalue weighted by Crippen LogP contribution is -2.46. The average Bonchev–Trinajstić information content (AvgIpc) is 2.05. The number of fused-ring (bicyclic) bond motifs is 3. The van der Waals surface area contributed by atoms with E-state index < -0.39 is 0 Å². The van der Waals surface area contributed by atoms with E-state index in [1.165, 1.54) is 25.7 Å². The van der Waals surface area contributed by atoms with Crippen molar-refractivity contribution in [1.29, 1.82) is 0 Å². The summed E-state index contributed by atoms with van der Waals surface area (Å²) in [5.41, 5.74) is 0. The van der Waals surface area contributed by atoms with Gasteiger partial charge < -0.3 is 5.11 Å². The first-order valence-electron chi connectivity index (χ1n) is 5.38. The highest BCUT2D eigenvalue weighted by Gasteiger charge is 2.43. The third-order valence-corrected chi connectivity index (χ3v) is 4.01. The van der Waals surface area contributed by atoms with Gasteiger partial charge in [0, 0.05) is 0 Å². The molecule has 3 aliphatic rings. The van der Waals surface area contributed by atoms with Crippen molar-refractivity contribution in [1.82, 2.24) is 0 Å². The van der Waals surface area contributed by atoms with Gasteiger partial charge in [0.25, 0.3) is 0 Å². The second-order valence-electron chi connectivity index (χ2n) is 4.99. The standard InChI is InChI=1S/C11H20O/c1-7(2)10-8-3-5-9(6-4-8)11(10)12/h7-12H,3-6H2,1-2H3. The van der Waals surface area contributed by atoms with Crippen molar-refractivity contribution in [3.8, 4) is 0 Å². The monoisotopic (exact) mass is 168 g/mol. The topological polar surface area (TPSA) is 20.2 Å². The van der Waals surface area contributed by atoms with Crippen LogP contribution in [-0.2, 0) is 0 Å². The Labute approximate surface area is 75.2 Å². The van der Waals surface area contributed by atoms with Crippen molar-refractivity contribution < 1.29 is 5.11 Å². The van der Waals surface area contributed by atoms with Crippen LogP contribution in [0.2, 0.25) is 0 Å². The molecule has 2 unspecified atom stereocenters. The van der Waals surface area contributed by atoms with Crippen molar-refractivity contribution in [3.63, 3.8) is 0 Å². The Hall–Kier alpha value is -0.0400. The van der Waals surface area contributed by atoms with Crippen LogP contribution < -0.4 is 0 Å². The molecule has 12 heavy (non-hydrogen) atoms. The molecule has 0 amide bonds. The molecule has 1 N–H and O–H groups in total. The van der Waals surface area contributed by atoms with Crippen LogP contribution in [0.3, 0.4) is 0 Å². The second-order valence-corrected chi connectivity index (χ2v) is 4.99. The van der Waals surface area contributed by atoms with E-state index >= 15 is 0 Å². The van der Waals surface area contributed by atoms with Crippen molar-refractivity contribution in [3.05, 3.63) is 0 Å². The van der Waals surface area contributed by atoms with Crippen molar-refractivity contribution in [2.24, 2.45) is 23.7 Å². The molecule has 70 valence electrons. The van der Waals surface area contributed by atoms with Gasteiger partial charge in [-0.3, -0.25) is 0 Å². The van der Waals surface area contributed by atoms with Gasteiger partial charge in [-0.1, -0.05) is 13.8 Å². The van der Waals surface area contributed by atoms with E-state index in [0.29, 0.717) is 17.8 Å².